The van der Waals surface area contributed by atoms with Crippen molar-refractivity contribution in [1.82, 2.24) is 4.90 Å². The molecule has 140 valence electrons. The number of phenols is 1. The summed E-state index contributed by atoms with van der Waals surface area (Å²) in [5, 5.41) is 10.1. The second-order valence-electron chi connectivity index (χ2n) is 6.99. The number of hydrogen-bond acceptors (Lipinski definition) is 7. The number of methoxy groups -OCH3 is 1. The molecule has 0 fully saturated rings. The first-order chi connectivity index (χ1) is 13.1. The van der Waals surface area contributed by atoms with Crippen molar-refractivity contribution < 1.29 is 28.8 Å². The molecule has 2 aromatic carbocycles. The molecule has 0 aliphatic carbocycles. The van der Waals surface area contributed by atoms with Gasteiger partial charge in [0.15, 0.2) is 23.0 Å². The highest BCUT2D eigenvalue weighted by molar-refractivity contribution is 5.98. The van der Waals surface area contributed by atoms with Crippen LogP contribution in [0.5, 0.6) is 23.0 Å². The van der Waals surface area contributed by atoms with E-state index in [4.69, 9.17) is 18.9 Å². The molecule has 0 saturated carbocycles. The van der Waals surface area contributed by atoms with Crippen LogP contribution in [0.1, 0.15) is 39.2 Å². The number of likely N-dealkylation sites (N-methyl/N-ethyl adjacent to an activating group) is 1. The van der Waals surface area contributed by atoms with Crippen molar-refractivity contribution >= 4 is 5.97 Å². The number of nitrogens with zero attached hydrogens (tertiary/aromatic N) is 1. The quantitative estimate of drug-likeness (QED) is 0.815. The van der Waals surface area contributed by atoms with Gasteiger partial charge in [-0.3, -0.25) is 4.90 Å². The van der Waals surface area contributed by atoms with Crippen LogP contribution in [0.3, 0.4) is 0 Å². The molecule has 3 aliphatic rings. The number of fused-ring (bicyclic) bond motifs is 4. The van der Waals surface area contributed by atoms with Crippen LogP contribution in [-0.4, -0.2) is 43.5 Å². The van der Waals surface area contributed by atoms with E-state index in [9.17, 15) is 9.90 Å². The van der Waals surface area contributed by atoms with Crippen molar-refractivity contribution in [2.45, 2.75) is 18.6 Å². The third-order valence-corrected chi connectivity index (χ3v) is 5.57. The molecule has 0 bridgehead atoms. The first kappa shape index (κ1) is 16.3. The molecule has 3 aliphatic heterocycles. The average Bonchev–Trinajstić information content (AvgIpc) is 3.25. The third-order valence-electron chi connectivity index (χ3n) is 5.57. The van der Waals surface area contributed by atoms with Crippen molar-refractivity contribution in [2.24, 2.45) is 0 Å². The van der Waals surface area contributed by atoms with Crippen LogP contribution < -0.4 is 14.2 Å². The van der Waals surface area contributed by atoms with Crippen LogP contribution in [-0.2, 0) is 11.2 Å². The van der Waals surface area contributed by atoms with Gasteiger partial charge in [0.05, 0.1) is 13.2 Å². The number of esters is 1. The number of ether oxygens (including phenoxy) is 4. The van der Waals surface area contributed by atoms with E-state index in [1.165, 1.54) is 7.11 Å². The molecular weight excluding hydrogens is 350 g/mol. The lowest BCUT2D eigenvalue weighted by Gasteiger charge is -2.37. The molecule has 0 radical (unpaired) electrons. The molecule has 0 aromatic heterocycles. The predicted octanol–water partition coefficient (Wildman–Crippen LogP) is 2.57. The molecule has 2 atom stereocenters. The fourth-order valence-corrected chi connectivity index (χ4v) is 4.26. The lowest BCUT2D eigenvalue weighted by atomic mass is 9.86. The highest BCUT2D eigenvalue weighted by Gasteiger charge is 2.44. The van der Waals surface area contributed by atoms with Crippen LogP contribution in [0, 0.1) is 0 Å². The van der Waals surface area contributed by atoms with Gasteiger partial charge in [-0.15, -0.1) is 0 Å². The number of cyclic esters (lactones) is 1. The van der Waals surface area contributed by atoms with Gasteiger partial charge < -0.3 is 24.1 Å². The number of phenolic OH excluding ortho intramolecular Hbond substituents is 1. The zero-order chi connectivity index (χ0) is 18.7. The minimum absolute atomic E-state index is 0.104. The maximum atomic E-state index is 12.6. The first-order valence-electron chi connectivity index (χ1n) is 8.82. The average molecular weight is 369 g/mol. The predicted molar refractivity (Wildman–Crippen MR) is 94.5 cm³/mol. The Kier molecular flexibility index (Phi) is 3.48. The van der Waals surface area contributed by atoms with Crippen molar-refractivity contribution in [3.05, 3.63) is 46.5 Å². The van der Waals surface area contributed by atoms with E-state index in [2.05, 4.69) is 4.90 Å². The monoisotopic (exact) mass is 369 g/mol. The van der Waals surface area contributed by atoms with Gasteiger partial charge in [-0.05, 0) is 42.8 Å². The summed E-state index contributed by atoms with van der Waals surface area (Å²) in [4.78, 5) is 14.8. The number of hydrogen-bond donors (Lipinski definition) is 1. The topological polar surface area (TPSA) is 77.5 Å². The Balaban J connectivity index is 1.64. The van der Waals surface area contributed by atoms with Gasteiger partial charge in [0, 0.05) is 12.1 Å². The summed E-state index contributed by atoms with van der Waals surface area (Å²) in [6.07, 6.45) is 0.328. The standard InChI is InChI=1S/C20H19NO6/c1-21-6-5-10-7-13(22)15(24-2)8-12(10)17(21)18-11-3-4-14-19(26-9-25-14)16(11)20(23)27-18/h3-4,7-8,17-18,22H,5-6,9H2,1-2H3/t17-,18-/m1/s1. The molecule has 1 N–H and O–H groups in total. The SMILES string of the molecule is COc1cc2c(cc1O)CCN(C)[C@H]2[C@@H]1OC(=O)c2c1ccc1c2OCO1. The van der Waals surface area contributed by atoms with E-state index in [0.29, 0.717) is 22.8 Å². The van der Waals surface area contributed by atoms with Gasteiger partial charge in [0.2, 0.25) is 6.79 Å². The number of carbonyl (C=O) groups is 1. The Morgan fingerprint density at radius 1 is 1.22 bits per heavy atom. The van der Waals surface area contributed by atoms with Gasteiger partial charge in [-0.2, -0.15) is 0 Å². The summed E-state index contributed by atoms with van der Waals surface area (Å²) in [7, 11) is 3.53. The zero-order valence-electron chi connectivity index (χ0n) is 15.0. The van der Waals surface area contributed by atoms with Crippen molar-refractivity contribution in [1.29, 1.82) is 0 Å². The van der Waals surface area contributed by atoms with E-state index in [0.717, 1.165) is 29.7 Å². The number of aromatic hydroxyl groups is 1. The number of carbonyl (C=O) groups excluding carboxylic acids is 1. The summed E-state index contributed by atoms with van der Waals surface area (Å²) in [5.74, 6) is 1.15. The summed E-state index contributed by atoms with van der Waals surface area (Å²) >= 11 is 0. The summed E-state index contributed by atoms with van der Waals surface area (Å²) in [5.41, 5.74) is 3.26. The first-order valence-corrected chi connectivity index (χ1v) is 8.82. The molecule has 7 heteroatoms. The Hall–Kier alpha value is -2.93. The van der Waals surface area contributed by atoms with E-state index >= 15 is 0 Å². The largest absolute Gasteiger partial charge is 0.504 e. The molecule has 0 spiro atoms. The molecule has 27 heavy (non-hydrogen) atoms. The second-order valence-corrected chi connectivity index (χ2v) is 6.99. The van der Waals surface area contributed by atoms with Crippen LogP contribution in [0.2, 0.25) is 0 Å². The van der Waals surface area contributed by atoms with Gasteiger partial charge in [-0.25, -0.2) is 4.79 Å². The summed E-state index contributed by atoms with van der Waals surface area (Å²) < 4.78 is 22.0. The van der Waals surface area contributed by atoms with E-state index < -0.39 is 12.1 Å². The zero-order valence-corrected chi connectivity index (χ0v) is 15.0. The summed E-state index contributed by atoms with van der Waals surface area (Å²) in [6, 6.07) is 7.08. The molecule has 2 aromatic rings. The van der Waals surface area contributed by atoms with Crippen LogP contribution in [0.4, 0.5) is 0 Å². The smallest absolute Gasteiger partial charge is 0.343 e. The molecule has 3 heterocycles. The maximum Gasteiger partial charge on any atom is 0.343 e. The van der Waals surface area contributed by atoms with Crippen LogP contribution in [0.15, 0.2) is 24.3 Å². The van der Waals surface area contributed by atoms with Gasteiger partial charge in [0.25, 0.3) is 0 Å². The normalized spacial score (nSPS) is 23.0. The molecule has 0 saturated heterocycles. The van der Waals surface area contributed by atoms with Crippen molar-refractivity contribution in [3.63, 3.8) is 0 Å². The Bertz CT molecular complexity index is 956. The Morgan fingerprint density at radius 3 is 2.89 bits per heavy atom. The van der Waals surface area contributed by atoms with Crippen molar-refractivity contribution in [2.75, 3.05) is 27.5 Å². The third kappa shape index (κ3) is 2.28. The van der Waals surface area contributed by atoms with Crippen LogP contribution in [0.25, 0.3) is 0 Å². The lowest BCUT2D eigenvalue weighted by molar-refractivity contribution is 0.00928. The van der Waals surface area contributed by atoms with E-state index in [1.807, 2.05) is 25.2 Å². The van der Waals surface area contributed by atoms with Gasteiger partial charge in [-0.1, -0.05) is 6.07 Å². The molecule has 7 nitrogen and oxygen atoms in total. The highest BCUT2D eigenvalue weighted by Crippen LogP contribution is 2.51. The van der Waals surface area contributed by atoms with E-state index in [-0.39, 0.29) is 18.6 Å². The molecular formula is C20H19NO6. The lowest BCUT2D eigenvalue weighted by Crippen LogP contribution is -2.36. The minimum Gasteiger partial charge on any atom is -0.504 e. The van der Waals surface area contributed by atoms with E-state index in [1.54, 1.807) is 6.07 Å². The summed E-state index contributed by atoms with van der Waals surface area (Å²) in [6.45, 7) is 0.893. The molecule has 5 rings (SSSR count). The van der Waals surface area contributed by atoms with Gasteiger partial charge in [0.1, 0.15) is 11.7 Å². The maximum absolute atomic E-state index is 12.6. The highest BCUT2D eigenvalue weighted by atomic mass is 16.7. The number of rotatable bonds is 2. The van der Waals surface area contributed by atoms with Gasteiger partial charge >= 0.3 is 5.97 Å². The van der Waals surface area contributed by atoms with Crippen LogP contribution >= 0.6 is 0 Å². The molecule has 0 amide bonds. The van der Waals surface area contributed by atoms with Crippen molar-refractivity contribution in [3.8, 4) is 23.0 Å². The number of benzene rings is 2. The fourth-order valence-electron chi connectivity index (χ4n) is 4.26. The Morgan fingerprint density at radius 2 is 2.07 bits per heavy atom. The minimum atomic E-state index is -0.472. The Labute approximate surface area is 156 Å². The molecule has 0 unspecified atom stereocenters. The fraction of sp³-hybridized carbons (Fsp3) is 0.350. The second kappa shape index (κ2) is 5.79.